The van der Waals surface area contributed by atoms with Crippen molar-refractivity contribution in [1.29, 1.82) is 0 Å². The predicted molar refractivity (Wildman–Crippen MR) is 46.8 cm³/mol. The van der Waals surface area contributed by atoms with Gasteiger partial charge in [-0.1, -0.05) is 30.3 Å². The van der Waals surface area contributed by atoms with Gasteiger partial charge in [-0.25, -0.2) is 0 Å². The molecule has 0 saturated heterocycles. The Labute approximate surface area is 72.4 Å². The highest BCUT2D eigenvalue weighted by Gasteiger charge is 2.27. The highest BCUT2D eigenvalue weighted by molar-refractivity contribution is 5.14. The van der Waals surface area contributed by atoms with Crippen molar-refractivity contribution in [2.24, 2.45) is 0 Å². The number of hydrogen-bond donors (Lipinski definition) is 1. The fourth-order valence-corrected chi connectivity index (χ4v) is 1.27. The molecule has 0 amide bonds. The molecule has 1 aromatic rings. The molecule has 1 aromatic carbocycles. The first-order valence-electron chi connectivity index (χ1n) is 4.36. The van der Waals surface area contributed by atoms with Crippen LogP contribution >= 0.6 is 0 Å². The van der Waals surface area contributed by atoms with E-state index in [9.17, 15) is 5.21 Å². The van der Waals surface area contributed by atoms with E-state index in [1.54, 1.807) is 0 Å². The Bertz CT molecular complexity index is 243. The Kier molecular flexibility index (Phi) is 2.11. The molecule has 0 aliphatic heterocycles. The molecule has 0 heterocycles. The molecule has 0 bridgehead atoms. The number of benzene rings is 1. The lowest BCUT2D eigenvalue weighted by molar-refractivity contribution is -0.108. The van der Waals surface area contributed by atoms with Crippen LogP contribution < -0.4 is 0 Å². The minimum atomic E-state index is 0.421. The van der Waals surface area contributed by atoms with Crippen LogP contribution in [0.25, 0.3) is 0 Å². The Hall–Kier alpha value is -0.860. The predicted octanol–water partition coefficient (Wildman–Crippen LogP) is 2.04. The Morgan fingerprint density at radius 2 is 1.92 bits per heavy atom. The number of rotatable bonds is 3. The van der Waals surface area contributed by atoms with Crippen molar-refractivity contribution in [3.05, 3.63) is 35.9 Å². The van der Waals surface area contributed by atoms with Crippen molar-refractivity contribution in [3.8, 4) is 0 Å². The van der Waals surface area contributed by atoms with Crippen molar-refractivity contribution < 1.29 is 5.21 Å². The molecule has 0 unspecified atom stereocenters. The molecule has 0 aromatic heterocycles. The van der Waals surface area contributed by atoms with Gasteiger partial charge in [0.1, 0.15) is 0 Å². The molecule has 0 spiro atoms. The third-order valence-electron chi connectivity index (χ3n) is 2.16. The smallest absolute Gasteiger partial charge is 0.0491 e. The van der Waals surface area contributed by atoms with Gasteiger partial charge in [-0.2, -0.15) is 5.06 Å². The lowest BCUT2D eigenvalue weighted by atomic mass is 10.2. The monoisotopic (exact) mass is 163 g/mol. The van der Waals surface area contributed by atoms with Crippen molar-refractivity contribution >= 4 is 0 Å². The van der Waals surface area contributed by atoms with Crippen LogP contribution in [-0.4, -0.2) is 16.3 Å². The average Bonchev–Trinajstić information content (AvgIpc) is 2.88. The molecule has 1 aliphatic carbocycles. The summed E-state index contributed by atoms with van der Waals surface area (Å²) in [5.74, 6) is 0. The van der Waals surface area contributed by atoms with Crippen LogP contribution in [0.2, 0.25) is 0 Å². The molecule has 2 rings (SSSR count). The van der Waals surface area contributed by atoms with Crippen LogP contribution in [-0.2, 0) is 6.54 Å². The molecule has 12 heavy (non-hydrogen) atoms. The highest BCUT2D eigenvalue weighted by atomic mass is 16.5. The van der Waals surface area contributed by atoms with E-state index in [0.29, 0.717) is 12.6 Å². The molecular weight excluding hydrogens is 150 g/mol. The summed E-state index contributed by atoms with van der Waals surface area (Å²) in [7, 11) is 0. The summed E-state index contributed by atoms with van der Waals surface area (Å²) in [6.07, 6.45) is 2.28. The Morgan fingerprint density at radius 1 is 1.25 bits per heavy atom. The number of nitrogens with zero attached hydrogens (tertiary/aromatic N) is 1. The van der Waals surface area contributed by atoms with Gasteiger partial charge in [0.05, 0.1) is 0 Å². The molecular formula is C10H13NO. The summed E-state index contributed by atoms with van der Waals surface area (Å²) in [5, 5.41) is 10.9. The molecule has 0 atom stereocenters. The van der Waals surface area contributed by atoms with Crippen molar-refractivity contribution in [3.63, 3.8) is 0 Å². The standard InChI is InChI=1S/C10H13NO/c12-11(10-6-7-10)8-9-4-2-1-3-5-9/h1-5,10,12H,6-8H2. The van der Waals surface area contributed by atoms with E-state index in [1.165, 1.54) is 10.6 Å². The second kappa shape index (κ2) is 3.25. The van der Waals surface area contributed by atoms with E-state index in [-0.39, 0.29) is 0 Å². The molecule has 64 valence electrons. The maximum atomic E-state index is 9.48. The second-order valence-corrected chi connectivity index (χ2v) is 3.31. The third-order valence-corrected chi connectivity index (χ3v) is 2.16. The zero-order valence-electron chi connectivity index (χ0n) is 6.98. The first-order chi connectivity index (χ1) is 5.86. The summed E-state index contributed by atoms with van der Waals surface area (Å²) >= 11 is 0. The summed E-state index contributed by atoms with van der Waals surface area (Å²) in [6.45, 7) is 0.658. The van der Waals surface area contributed by atoms with Gasteiger partial charge in [-0.05, 0) is 18.4 Å². The van der Waals surface area contributed by atoms with Gasteiger partial charge in [0.15, 0.2) is 0 Å². The maximum Gasteiger partial charge on any atom is 0.0491 e. The fourth-order valence-electron chi connectivity index (χ4n) is 1.27. The summed E-state index contributed by atoms with van der Waals surface area (Å²) in [6, 6.07) is 10.5. The van der Waals surface area contributed by atoms with Gasteiger partial charge in [0.25, 0.3) is 0 Å². The van der Waals surface area contributed by atoms with Gasteiger partial charge in [-0.15, -0.1) is 0 Å². The SMILES string of the molecule is ON(Cc1ccccc1)C1CC1. The lowest BCUT2D eigenvalue weighted by Crippen LogP contribution is -2.20. The molecule has 1 fully saturated rings. The van der Waals surface area contributed by atoms with E-state index >= 15 is 0 Å². The van der Waals surface area contributed by atoms with E-state index < -0.39 is 0 Å². The van der Waals surface area contributed by atoms with Gasteiger partial charge in [0, 0.05) is 12.6 Å². The summed E-state index contributed by atoms with van der Waals surface area (Å²) < 4.78 is 0. The number of hydroxylamine groups is 2. The molecule has 1 N–H and O–H groups in total. The zero-order chi connectivity index (χ0) is 8.39. The number of hydrogen-bond acceptors (Lipinski definition) is 2. The molecule has 2 nitrogen and oxygen atoms in total. The first-order valence-corrected chi connectivity index (χ1v) is 4.36. The average molecular weight is 163 g/mol. The molecule has 1 saturated carbocycles. The van der Waals surface area contributed by atoms with Gasteiger partial charge >= 0.3 is 0 Å². The minimum absolute atomic E-state index is 0.421. The van der Waals surface area contributed by atoms with Crippen molar-refractivity contribution in [2.75, 3.05) is 0 Å². The Morgan fingerprint density at radius 3 is 2.50 bits per heavy atom. The van der Waals surface area contributed by atoms with Gasteiger partial charge < -0.3 is 5.21 Å². The topological polar surface area (TPSA) is 23.5 Å². The van der Waals surface area contributed by atoms with Gasteiger partial charge in [0.2, 0.25) is 0 Å². The second-order valence-electron chi connectivity index (χ2n) is 3.31. The highest BCUT2D eigenvalue weighted by Crippen LogP contribution is 2.26. The fraction of sp³-hybridized carbons (Fsp3) is 0.400. The largest absolute Gasteiger partial charge is 0.313 e. The van der Waals surface area contributed by atoms with Crippen LogP contribution in [0.4, 0.5) is 0 Å². The van der Waals surface area contributed by atoms with E-state index in [2.05, 4.69) is 0 Å². The molecule has 2 heteroatoms. The van der Waals surface area contributed by atoms with E-state index in [0.717, 1.165) is 12.8 Å². The van der Waals surface area contributed by atoms with Crippen molar-refractivity contribution in [1.82, 2.24) is 5.06 Å². The maximum absolute atomic E-state index is 9.48. The summed E-state index contributed by atoms with van der Waals surface area (Å²) in [4.78, 5) is 0. The normalized spacial score (nSPS) is 16.8. The van der Waals surface area contributed by atoms with Crippen LogP contribution in [0.3, 0.4) is 0 Å². The molecule has 0 radical (unpaired) electrons. The van der Waals surface area contributed by atoms with Crippen LogP contribution in [0.5, 0.6) is 0 Å². The first kappa shape index (κ1) is 7.77. The Balaban J connectivity index is 1.94. The summed E-state index contributed by atoms with van der Waals surface area (Å²) in [5.41, 5.74) is 1.17. The van der Waals surface area contributed by atoms with Crippen LogP contribution in [0, 0.1) is 0 Å². The molecule has 1 aliphatic rings. The minimum Gasteiger partial charge on any atom is -0.313 e. The zero-order valence-corrected chi connectivity index (χ0v) is 6.98. The van der Waals surface area contributed by atoms with Gasteiger partial charge in [-0.3, -0.25) is 0 Å². The van der Waals surface area contributed by atoms with E-state index in [4.69, 9.17) is 0 Å². The third kappa shape index (κ3) is 1.84. The lowest BCUT2D eigenvalue weighted by Gasteiger charge is -2.12. The van der Waals surface area contributed by atoms with Crippen LogP contribution in [0.15, 0.2) is 30.3 Å². The van der Waals surface area contributed by atoms with Crippen molar-refractivity contribution in [2.45, 2.75) is 25.4 Å². The quantitative estimate of drug-likeness (QED) is 0.689. The van der Waals surface area contributed by atoms with Crippen LogP contribution in [0.1, 0.15) is 18.4 Å². The van der Waals surface area contributed by atoms with E-state index in [1.807, 2.05) is 30.3 Å².